The standard InChI is InChI=1S/C26H29N3O4S/c1-17-8-4-5-11-21(17)24(30)28-20-10-6-9-19(16-20)23-22(25(31)33-14-13-32-3)18(2)27-26-29(23)12-7-15-34-26/h4-6,8-11,16,23H,7,12-15H2,1-3H3,(H,28,30). The van der Waals surface area contributed by atoms with Crippen LogP contribution in [0.25, 0.3) is 0 Å². The van der Waals surface area contributed by atoms with E-state index in [9.17, 15) is 9.59 Å². The van der Waals surface area contributed by atoms with Crippen molar-refractivity contribution >= 4 is 34.5 Å². The van der Waals surface area contributed by atoms with E-state index in [1.165, 1.54) is 0 Å². The van der Waals surface area contributed by atoms with Gasteiger partial charge in [-0.25, -0.2) is 9.79 Å². The molecule has 4 rings (SSSR count). The van der Waals surface area contributed by atoms with E-state index in [0.29, 0.717) is 29.1 Å². The predicted octanol–water partition coefficient (Wildman–Crippen LogP) is 4.56. The van der Waals surface area contributed by atoms with E-state index >= 15 is 0 Å². The number of ether oxygens (including phenoxy) is 2. The fraction of sp³-hybridized carbons (Fsp3) is 0.346. The Morgan fingerprint density at radius 3 is 2.76 bits per heavy atom. The topological polar surface area (TPSA) is 80.2 Å². The molecule has 0 radical (unpaired) electrons. The van der Waals surface area contributed by atoms with Crippen molar-refractivity contribution in [3.8, 4) is 0 Å². The molecule has 0 spiro atoms. The van der Waals surface area contributed by atoms with E-state index in [1.54, 1.807) is 18.9 Å². The number of aryl methyl sites for hydroxylation is 1. The highest BCUT2D eigenvalue weighted by Gasteiger charge is 2.38. The van der Waals surface area contributed by atoms with Crippen LogP contribution < -0.4 is 5.32 Å². The number of hydrogen-bond donors (Lipinski definition) is 1. The summed E-state index contributed by atoms with van der Waals surface area (Å²) in [6, 6.07) is 14.8. The zero-order chi connectivity index (χ0) is 24.1. The fourth-order valence-corrected chi connectivity index (χ4v) is 5.20. The molecule has 2 aliphatic rings. The lowest BCUT2D eigenvalue weighted by Gasteiger charge is -2.40. The monoisotopic (exact) mass is 479 g/mol. The highest BCUT2D eigenvalue weighted by atomic mass is 32.2. The van der Waals surface area contributed by atoms with Gasteiger partial charge in [-0.3, -0.25) is 4.79 Å². The fourth-order valence-electron chi connectivity index (χ4n) is 4.18. The maximum Gasteiger partial charge on any atom is 0.338 e. The lowest BCUT2D eigenvalue weighted by Crippen LogP contribution is -2.42. The first kappa shape index (κ1) is 24.0. The number of amidine groups is 1. The van der Waals surface area contributed by atoms with Crippen LogP contribution in [-0.4, -0.2) is 54.6 Å². The van der Waals surface area contributed by atoms with Gasteiger partial charge in [0.1, 0.15) is 6.61 Å². The number of nitrogens with zero attached hydrogens (tertiary/aromatic N) is 2. The number of nitrogens with one attached hydrogen (secondary N) is 1. The quantitative estimate of drug-likeness (QED) is 0.463. The van der Waals surface area contributed by atoms with Gasteiger partial charge in [-0.2, -0.15) is 0 Å². The molecule has 0 aromatic heterocycles. The molecule has 34 heavy (non-hydrogen) atoms. The van der Waals surface area contributed by atoms with Crippen molar-refractivity contribution in [2.75, 3.05) is 37.9 Å². The van der Waals surface area contributed by atoms with Gasteiger partial charge in [-0.1, -0.05) is 42.1 Å². The number of anilines is 1. The Balaban J connectivity index is 1.66. The summed E-state index contributed by atoms with van der Waals surface area (Å²) in [7, 11) is 1.57. The van der Waals surface area contributed by atoms with Crippen LogP contribution in [0.1, 0.15) is 40.9 Å². The molecule has 2 aromatic rings. The summed E-state index contributed by atoms with van der Waals surface area (Å²) < 4.78 is 10.5. The van der Waals surface area contributed by atoms with Gasteiger partial charge in [0.25, 0.3) is 5.91 Å². The molecule has 1 atom stereocenters. The number of rotatable bonds is 7. The number of carbonyl (C=O) groups excluding carboxylic acids is 2. The third-order valence-electron chi connectivity index (χ3n) is 5.85. The average molecular weight is 480 g/mol. The molecule has 0 bridgehead atoms. The Kier molecular flexibility index (Phi) is 7.70. The lowest BCUT2D eigenvalue weighted by molar-refractivity contribution is -0.141. The van der Waals surface area contributed by atoms with Crippen LogP contribution >= 0.6 is 11.8 Å². The maximum absolute atomic E-state index is 13.1. The minimum Gasteiger partial charge on any atom is -0.460 e. The number of allylic oxidation sites excluding steroid dienone is 1. The highest BCUT2D eigenvalue weighted by molar-refractivity contribution is 8.13. The van der Waals surface area contributed by atoms with E-state index in [1.807, 2.05) is 62.4 Å². The second-order valence-corrected chi connectivity index (χ2v) is 9.28. The van der Waals surface area contributed by atoms with Crippen LogP contribution in [0.15, 0.2) is 64.8 Å². The van der Waals surface area contributed by atoms with Gasteiger partial charge in [0.05, 0.1) is 23.9 Å². The zero-order valence-corrected chi connectivity index (χ0v) is 20.5. The number of methoxy groups -OCH3 is 1. The summed E-state index contributed by atoms with van der Waals surface area (Å²) >= 11 is 1.70. The van der Waals surface area contributed by atoms with Gasteiger partial charge in [-0.05, 0) is 49.6 Å². The van der Waals surface area contributed by atoms with E-state index in [0.717, 1.165) is 35.0 Å². The first-order valence-corrected chi connectivity index (χ1v) is 12.3. The van der Waals surface area contributed by atoms with Crippen molar-refractivity contribution in [2.45, 2.75) is 26.3 Å². The Labute approximate surface area is 204 Å². The molecule has 8 heteroatoms. The Bertz CT molecular complexity index is 1140. The Hall–Kier alpha value is -3.10. The largest absolute Gasteiger partial charge is 0.460 e. The van der Waals surface area contributed by atoms with Gasteiger partial charge < -0.3 is 19.7 Å². The second-order valence-electron chi connectivity index (χ2n) is 8.21. The van der Waals surface area contributed by atoms with Gasteiger partial charge in [0.2, 0.25) is 0 Å². The normalized spacial score (nSPS) is 17.7. The van der Waals surface area contributed by atoms with Crippen molar-refractivity contribution in [2.24, 2.45) is 4.99 Å². The van der Waals surface area contributed by atoms with Crippen LogP contribution in [0.2, 0.25) is 0 Å². The third-order valence-corrected chi connectivity index (χ3v) is 6.93. The van der Waals surface area contributed by atoms with Gasteiger partial charge in [0.15, 0.2) is 5.17 Å². The third kappa shape index (κ3) is 5.18. The molecule has 1 unspecified atom stereocenters. The zero-order valence-electron chi connectivity index (χ0n) is 19.7. The van der Waals surface area contributed by atoms with E-state index < -0.39 is 5.97 Å². The molecule has 7 nitrogen and oxygen atoms in total. The number of hydrogen-bond acceptors (Lipinski definition) is 7. The summed E-state index contributed by atoms with van der Waals surface area (Å²) in [6.07, 6.45) is 0.995. The summed E-state index contributed by atoms with van der Waals surface area (Å²) in [6.45, 7) is 5.06. The van der Waals surface area contributed by atoms with Crippen molar-refractivity contribution in [3.63, 3.8) is 0 Å². The maximum atomic E-state index is 13.1. The first-order chi connectivity index (χ1) is 16.5. The molecular weight excluding hydrogens is 450 g/mol. The number of benzene rings is 2. The predicted molar refractivity (Wildman–Crippen MR) is 135 cm³/mol. The molecule has 1 saturated heterocycles. The summed E-state index contributed by atoms with van der Waals surface area (Å²) in [4.78, 5) is 32.9. The smallest absolute Gasteiger partial charge is 0.338 e. The molecular formula is C26H29N3O4S. The average Bonchev–Trinajstić information content (AvgIpc) is 2.83. The number of thioether (sulfide) groups is 1. The van der Waals surface area contributed by atoms with Crippen LogP contribution in [0, 0.1) is 6.92 Å². The van der Waals surface area contributed by atoms with Gasteiger partial charge >= 0.3 is 5.97 Å². The van der Waals surface area contributed by atoms with Crippen molar-refractivity contribution in [1.82, 2.24) is 4.90 Å². The van der Waals surface area contributed by atoms with Crippen LogP contribution in [0.3, 0.4) is 0 Å². The van der Waals surface area contributed by atoms with E-state index in [-0.39, 0.29) is 18.6 Å². The molecule has 2 aliphatic heterocycles. The Morgan fingerprint density at radius 1 is 1.15 bits per heavy atom. The van der Waals surface area contributed by atoms with E-state index in [4.69, 9.17) is 14.5 Å². The number of esters is 1. The van der Waals surface area contributed by atoms with Crippen molar-refractivity contribution in [1.29, 1.82) is 0 Å². The molecule has 2 heterocycles. The molecule has 178 valence electrons. The Morgan fingerprint density at radius 2 is 1.97 bits per heavy atom. The van der Waals surface area contributed by atoms with E-state index in [2.05, 4.69) is 10.2 Å². The lowest BCUT2D eigenvalue weighted by atomic mass is 9.94. The summed E-state index contributed by atoms with van der Waals surface area (Å²) in [5.74, 6) is 0.433. The van der Waals surface area contributed by atoms with Gasteiger partial charge in [0, 0.05) is 30.7 Å². The van der Waals surface area contributed by atoms with Crippen LogP contribution in [0.5, 0.6) is 0 Å². The number of aliphatic imine (C=N–C) groups is 1. The number of carbonyl (C=O) groups is 2. The SMILES string of the molecule is COCCOC(=O)C1=C(C)N=C2SCCCN2C1c1cccc(NC(=O)c2ccccc2C)c1. The number of fused-ring (bicyclic) bond motifs is 1. The highest BCUT2D eigenvalue weighted by Crippen LogP contribution is 2.40. The van der Waals surface area contributed by atoms with Crippen LogP contribution in [-0.2, 0) is 14.3 Å². The summed E-state index contributed by atoms with van der Waals surface area (Å²) in [5.41, 5.74) is 4.28. The molecule has 2 aromatic carbocycles. The molecule has 0 aliphatic carbocycles. The minimum atomic E-state index is -0.396. The van der Waals surface area contributed by atoms with Gasteiger partial charge in [-0.15, -0.1) is 0 Å². The van der Waals surface area contributed by atoms with Crippen molar-refractivity contribution < 1.29 is 19.1 Å². The molecule has 0 saturated carbocycles. The summed E-state index contributed by atoms with van der Waals surface area (Å²) in [5, 5.41) is 3.92. The second kappa shape index (κ2) is 10.9. The first-order valence-electron chi connectivity index (χ1n) is 11.3. The molecule has 1 amide bonds. The minimum absolute atomic E-state index is 0.166. The molecule has 1 N–H and O–H groups in total. The number of amides is 1. The van der Waals surface area contributed by atoms with Crippen molar-refractivity contribution in [3.05, 3.63) is 76.5 Å². The van der Waals surface area contributed by atoms with Crippen LogP contribution in [0.4, 0.5) is 5.69 Å². The molecule has 1 fully saturated rings.